The Hall–Kier alpha value is -1.56. The quantitative estimate of drug-likeness (QED) is 0.0534. The van der Waals surface area contributed by atoms with Crippen LogP contribution in [0.5, 0.6) is 0 Å². The number of aliphatic carboxylic acids is 1. The molecular weight excluding hydrogens is 603 g/mol. The van der Waals surface area contributed by atoms with Crippen LogP contribution in [0.3, 0.4) is 0 Å². The van der Waals surface area contributed by atoms with Crippen molar-refractivity contribution >= 4 is 29.5 Å². The van der Waals surface area contributed by atoms with Crippen LogP contribution in [0, 0.1) is 0 Å². The Kier molecular flexibility index (Phi) is 34.6. The zero-order valence-electron chi connectivity index (χ0n) is 31.1. The van der Waals surface area contributed by atoms with Crippen molar-refractivity contribution in [3.05, 3.63) is 24.3 Å². The lowest BCUT2D eigenvalue weighted by atomic mass is 10.1. The molecule has 274 valence electrons. The van der Waals surface area contributed by atoms with Gasteiger partial charge in [-0.1, -0.05) is 141 Å². The summed E-state index contributed by atoms with van der Waals surface area (Å²) in [6, 6.07) is -1.06. The lowest BCUT2D eigenvalue weighted by molar-refractivity contribution is -0.158. The number of carboxylic acid groups (broad SMARTS) is 1. The van der Waals surface area contributed by atoms with E-state index in [0.29, 0.717) is 25.0 Å². The topological polar surface area (TPSA) is 74.7 Å². The van der Waals surface area contributed by atoms with E-state index >= 15 is 0 Å². The van der Waals surface area contributed by atoms with Gasteiger partial charge in [0.05, 0.1) is 0 Å². The second kappa shape index (κ2) is 35.7. The minimum Gasteiger partial charge on any atom is -0.480 e. The molecule has 1 N–H and O–H groups in total. The third-order valence-electron chi connectivity index (χ3n) is 9.03. The average Bonchev–Trinajstić information content (AvgIpc) is 3.06. The molecule has 1 unspecified atom stereocenters. The van der Waals surface area contributed by atoms with Gasteiger partial charge in [0.25, 0.3) is 0 Å². The van der Waals surface area contributed by atoms with Gasteiger partial charge < -0.3 is 5.11 Å². The third-order valence-corrected chi connectivity index (χ3v) is 9.68. The van der Waals surface area contributed by atoms with Gasteiger partial charge in [0, 0.05) is 12.8 Å². The zero-order valence-corrected chi connectivity index (χ0v) is 31.9. The van der Waals surface area contributed by atoms with Crippen LogP contribution in [0.4, 0.5) is 0 Å². The molecule has 0 bridgehead atoms. The molecule has 2 amide bonds. The van der Waals surface area contributed by atoms with E-state index in [1.807, 2.05) is 6.26 Å². The van der Waals surface area contributed by atoms with E-state index < -0.39 is 12.0 Å². The SMILES string of the molecule is CCCCCCCCC=CCCCCCCCC(=O)N(C(=O)CCCCCCCC=CCCCCCCCC)C(CCSC)C(=O)O. The lowest BCUT2D eigenvalue weighted by Gasteiger charge is -2.27. The number of rotatable bonds is 35. The van der Waals surface area contributed by atoms with Gasteiger partial charge in [0.1, 0.15) is 6.04 Å². The summed E-state index contributed by atoms with van der Waals surface area (Å²) in [5.41, 5.74) is 0. The van der Waals surface area contributed by atoms with Crippen molar-refractivity contribution in [1.82, 2.24) is 4.90 Å². The molecule has 0 saturated carbocycles. The smallest absolute Gasteiger partial charge is 0.326 e. The second-order valence-electron chi connectivity index (χ2n) is 13.5. The van der Waals surface area contributed by atoms with E-state index in [1.54, 1.807) is 11.8 Å². The second-order valence-corrected chi connectivity index (χ2v) is 14.4. The zero-order chi connectivity index (χ0) is 34.6. The highest BCUT2D eigenvalue weighted by atomic mass is 32.2. The van der Waals surface area contributed by atoms with E-state index in [2.05, 4.69) is 38.2 Å². The van der Waals surface area contributed by atoms with Gasteiger partial charge in [-0.3, -0.25) is 14.5 Å². The van der Waals surface area contributed by atoms with Crippen LogP contribution in [-0.2, 0) is 14.4 Å². The summed E-state index contributed by atoms with van der Waals surface area (Å²) in [7, 11) is 0. The number of thioether (sulfide) groups is 1. The first-order valence-electron chi connectivity index (χ1n) is 19.9. The van der Waals surface area contributed by atoms with Crippen LogP contribution in [-0.4, -0.2) is 45.8 Å². The Labute approximate surface area is 295 Å². The van der Waals surface area contributed by atoms with Gasteiger partial charge >= 0.3 is 5.97 Å². The number of unbranched alkanes of at least 4 members (excludes halogenated alkanes) is 22. The fourth-order valence-electron chi connectivity index (χ4n) is 6.01. The van der Waals surface area contributed by atoms with Crippen molar-refractivity contribution < 1.29 is 19.5 Å². The van der Waals surface area contributed by atoms with Crippen LogP contribution in [0.2, 0.25) is 0 Å². The summed E-state index contributed by atoms with van der Waals surface area (Å²) in [5, 5.41) is 9.91. The first-order valence-corrected chi connectivity index (χ1v) is 21.3. The van der Waals surface area contributed by atoms with Crippen LogP contribution in [0.15, 0.2) is 24.3 Å². The van der Waals surface area contributed by atoms with Crippen LogP contribution < -0.4 is 0 Å². The molecule has 6 heteroatoms. The molecule has 0 heterocycles. The molecule has 5 nitrogen and oxygen atoms in total. The Balaban J connectivity index is 4.30. The Morgan fingerprint density at radius 1 is 0.532 bits per heavy atom. The summed E-state index contributed by atoms with van der Waals surface area (Å²) < 4.78 is 0. The number of nitrogens with zero attached hydrogens (tertiary/aromatic N) is 1. The number of carboxylic acids is 1. The average molecular weight is 678 g/mol. The molecule has 0 saturated heterocycles. The number of carbonyl (C=O) groups is 3. The number of hydrogen-bond donors (Lipinski definition) is 1. The van der Waals surface area contributed by atoms with E-state index in [0.717, 1.165) is 69.1 Å². The summed E-state index contributed by atoms with van der Waals surface area (Å²) in [5.74, 6) is -1.09. The van der Waals surface area contributed by atoms with Gasteiger partial charge in [-0.15, -0.1) is 0 Å². The van der Waals surface area contributed by atoms with Gasteiger partial charge in [0.15, 0.2) is 0 Å². The van der Waals surface area contributed by atoms with Crippen LogP contribution in [0.25, 0.3) is 0 Å². The van der Waals surface area contributed by atoms with E-state index in [-0.39, 0.29) is 24.7 Å². The van der Waals surface area contributed by atoms with Crippen molar-refractivity contribution in [2.45, 2.75) is 206 Å². The van der Waals surface area contributed by atoms with E-state index in [9.17, 15) is 19.5 Å². The van der Waals surface area contributed by atoms with E-state index in [1.165, 1.54) is 89.9 Å². The van der Waals surface area contributed by atoms with Gasteiger partial charge in [-0.25, -0.2) is 4.79 Å². The predicted molar refractivity (Wildman–Crippen MR) is 205 cm³/mol. The normalized spacial score (nSPS) is 12.3. The molecule has 0 aliphatic rings. The molecule has 0 spiro atoms. The maximum absolute atomic E-state index is 13.2. The first-order chi connectivity index (χ1) is 23.0. The van der Waals surface area contributed by atoms with Crippen molar-refractivity contribution in [1.29, 1.82) is 0 Å². The van der Waals surface area contributed by atoms with Crippen LogP contribution in [0.1, 0.15) is 200 Å². The highest BCUT2D eigenvalue weighted by Crippen LogP contribution is 2.18. The number of allylic oxidation sites excluding steroid dienone is 4. The summed E-state index contributed by atoms with van der Waals surface area (Å²) >= 11 is 1.54. The summed E-state index contributed by atoms with van der Waals surface area (Å²) in [6.45, 7) is 4.51. The Morgan fingerprint density at radius 3 is 1.17 bits per heavy atom. The molecule has 0 aromatic rings. The molecule has 0 fully saturated rings. The molecule has 1 atom stereocenters. The first kappa shape index (κ1) is 45.4. The van der Waals surface area contributed by atoms with E-state index in [4.69, 9.17) is 0 Å². The maximum atomic E-state index is 13.2. The fraction of sp³-hybridized carbons (Fsp3) is 0.829. The van der Waals surface area contributed by atoms with Crippen molar-refractivity contribution in [2.75, 3.05) is 12.0 Å². The van der Waals surface area contributed by atoms with Gasteiger partial charge in [0.2, 0.25) is 11.8 Å². The number of carbonyl (C=O) groups excluding carboxylic acids is 2. The molecule has 0 aromatic carbocycles. The third kappa shape index (κ3) is 29.1. The number of amides is 2. The highest BCUT2D eigenvalue weighted by Gasteiger charge is 2.33. The van der Waals surface area contributed by atoms with Gasteiger partial charge in [-0.2, -0.15) is 11.8 Å². The molecule has 0 aromatic heterocycles. The minimum atomic E-state index is -1.07. The van der Waals surface area contributed by atoms with Crippen molar-refractivity contribution in [2.24, 2.45) is 0 Å². The van der Waals surface area contributed by atoms with Crippen molar-refractivity contribution in [3.8, 4) is 0 Å². The van der Waals surface area contributed by atoms with Crippen LogP contribution >= 0.6 is 11.8 Å². The Morgan fingerprint density at radius 2 is 0.851 bits per heavy atom. The minimum absolute atomic E-state index is 0.249. The predicted octanol–water partition coefficient (Wildman–Crippen LogP) is 12.6. The van der Waals surface area contributed by atoms with Gasteiger partial charge in [-0.05, 0) is 82.6 Å². The highest BCUT2D eigenvalue weighted by molar-refractivity contribution is 7.98. The number of imide groups is 1. The standard InChI is InChI=1S/C41H75NO4S/c1-4-6-8-10-12-14-16-18-20-22-24-26-28-30-32-34-39(43)42(38(41(45)46)36-37-47-3)40(44)35-33-31-29-27-25-23-21-19-17-15-13-11-9-7-5-2/h18-21,38H,4-17,22-37H2,1-3H3,(H,45,46). The monoisotopic (exact) mass is 678 g/mol. The Bertz CT molecular complexity index is 744. The molecule has 0 aliphatic heterocycles. The molecule has 0 rings (SSSR count). The summed E-state index contributed by atoms with van der Waals surface area (Å²) in [4.78, 5) is 39.6. The lowest BCUT2D eigenvalue weighted by Crippen LogP contribution is -2.49. The molecule has 47 heavy (non-hydrogen) atoms. The van der Waals surface area contributed by atoms with Crippen molar-refractivity contribution in [3.63, 3.8) is 0 Å². The molecule has 0 aliphatic carbocycles. The number of hydrogen-bond acceptors (Lipinski definition) is 4. The summed E-state index contributed by atoms with van der Waals surface area (Å²) in [6.07, 6.45) is 42.7. The maximum Gasteiger partial charge on any atom is 0.326 e. The largest absolute Gasteiger partial charge is 0.480 e. The molecular formula is C41H75NO4S. The fourth-order valence-corrected chi connectivity index (χ4v) is 6.47. The molecule has 0 radical (unpaired) electrons.